The van der Waals surface area contributed by atoms with E-state index < -0.39 is 24.4 Å². The lowest BCUT2D eigenvalue weighted by atomic mass is 9.88. The van der Waals surface area contributed by atoms with Gasteiger partial charge in [0.1, 0.15) is 17.4 Å². The van der Waals surface area contributed by atoms with Crippen molar-refractivity contribution in [3.63, 3.8) is 0 Å². The summed E-state index contributed by atoms with van der Waals surface area (Å²) in [6.45, 7) is -0.407. The summed E-state index contributed by atoms with van der Waals surface area (Å²) in [7, 11) is 0. The van der Waals surface area contributed by atoms with Crippen LogP contribution in [0.5, 0.6) is 11.5 Å². The number of azo groups is 1. The zero-order chi connectivity index (χ0) is 24.0. The van der Waals surface area contributed by atoms with Gasteiger partial charge in [0.05, 0.1) is 11.4 Å². The second kappa shape index (κ2) is 10.0. The van der Waals surface area contributed by atoms with Gasteiger partial charge in [0.15, 0.2) is 6.61 Å². The number of fused-ring (bicyclic) bond motifs is 2. The van der Waals surface area contributed by atoms with Crippen LogP contribution in [0, 0.1) is 0 Å². The van der Waals surface area contributed by atoms with Gasteiger partial charge in [0.2, 0.25) is 0 Å². The maximum absolute atomic E-state index is 13.0. The minimum absolute atomic E-state index is 0.407. The average Bonchev–Trinajstić information content (AvgIpc) is 2.90. The van der Waals surface area contributed by atoms with Gasteiger partial charge >= 0.3 is 5.97 Å². The van der Waals surface area contributed by atoms with Gasteiger partial charge in [-0.15, -0.1) is 0 Å². The Morgan fingerprint density at radius 3 is 1.89 bits per heavy atom. The van der Waals surface area contributed by atoms with E-state index in [1.165, 1.54) is 0 Å². The number of benzene rings is 4. The number of nitrogens with one attached hydrogen (secondary N) is 1. The van der Waals surface area contributed by atoms with Gasteiger partial charge in [0, 0.05) is 16.8 Å². The molecule has 4 aromatic carbocycles. The molecular weight excluding hydrogens is 442 g/mol. The Morgan fingerprint density at radius 1 is 0.714 bits per heavy atom. The summed E-state index contributed by atoms with van der Waals surface area (Å²) in [6.07, 6.45) is 0. The normalized spacial score (nSPS) is 12.3. The van der Waals surface area contributed by atoms with Gasteiger partial charge < -0.3 is 14.8 Å². The van der Waals surface area contributed by atoms with Crippen LogP contribution < -0.4 is 10.1 Å². The summed E-state index contributed by atoms with van der Waals surface area (Å²) in [4.78, 5) is 25.5. The van der Waals surface area contributed by atoms with Gasteiger partial charge in [-0.05, 0) is 48.5 Å². The van der Waals surface area contributed by atoms with Crippen molar-refractivity contribution < 1.29 is 19.1 Å². The largest absolute Gasteiger partial charge is 0.457 e. The van der Waals surface area contributed by atoms with Crippen molar-refractivity contribution in [3.8, 4) is 11.5 Å². The van der Waals surface area contributed by atoms with Crippen molar-refractivity contribution in [1.29, 1.82) is 0 Å². The summed E-state index contributed by atoms with van der Waals surface area (Å²) in [6, 6.07) is 30.9. The number of amides is 1. The molecule has 172 valence electrons. The number of ether oxygens (including phenoxy) is 2. The lowest BCUT2D eigenvalue weighted by Gasteiger charge is -2.26. The first-order valence-electron chi connectivity index (χ1n) is 11.1. The molecular formula is C28H21N3O4. The number of para-hydroxylation sites is 2. The molecule has 0 bridgehead atoms. The zero-order valence-corrected chi connectivity index (χ0v) is 18.6. The molecule has 0 aromatic heterocycles. The number of hydrogen-bond acceptors (Lipinski definition) is 6. The number of rotatable bonds is 6. The molecule has 4 aromatic rings. The van der Waals surface area contributed by atoms with E-state index in [4.69, 9.17) is 9.47 Å². The first kappa shape index (κ1) is 22.0. The van der Waals surface area contributed by atoms with Crippen molar-refractivity contribution in [1.82, 2.24) is 0 Å². The highest BCUT2D eigenvalue weighted by Gasteiger charge is 2.33. The van der Waals surface area contributed by atoms with E-state index in [0.29, 0.717) is 34.0 Å². The maximum Gasteiger partial charge on any atom is 0.318 e. The summed E-state index contributed by atoms with van der Waals surface area (Å²) < 4.78 is 11.3. The van der Waals surface area contributed by atoms with Crippen molar-refractivity contribution in [3.05, 3.63) is 114 Å². The third-order valence-corrected chi connectivity index (χ3v) is 5.45. The Morgan fingerprint density at radius 2 is 1.26 bits per heavy atom. The van der Waals surface area contributed by atoms with Gasteiger partial charge in [-0.1, -0.05) is 54.6 Å². The lowest BCUT2D eigenvalue weighted by Crippen LogP contribution is -2.26. The standard InChI is InChI=1S/C28H21N3O4/c32-26(29-19-14-16-21(17-15-19)31-30-20-8-2-1-3-9-20)18-34-28(33)27-22-10-4-6-12-24(22)35-25-13-7-5-11-23(25)27/h1-17,27H,18H2,(H,29,32). The van der Waals surface area contributed by atoms with Crippen LogP contribution in [0.15, 0.2) is 113 Å². The second-order valence-electron chi connectivity index (χ2n) is 7.85. The second-order valence-corrected chi connectivity index (χ2v) is 7.85. The third-order valence-electron chi connectivity index (χ3n) is 5.45. The van der Waals surface area contributed by atoms with E-state index in [1.807, 2.05) is 66.7 Å². The molecule has 7 heteroatoms. The van der Waals surface area contributed by atoms with Crippen molar-refractivity contribution in [2.45, 2.75) is 5.92 Å². The Bertz CT molecular complexity index is 1340. The number of carbonyl (C=O) groups excluding carboxylic acids is 2. The summed E-state index contributed by atoms with van der Waals surface area (Å²) in [5.74, 6) is -0.423. The highest BCUT2D eigenvalue weighted by Crippen LogP contribution is 2.44. The van der Waals surface area contributed by atoms with Crippen molar-refractivity contribution in [2.24, 2.45) is 10.2 Å². The van der Waals surface area contributed by atoms with Crippen LogP contribution >= 0.6 is 0 Å². The van der Waals surface area contributed by atoms with E-state index in [9.17, 15) is 9.59 Å². The number of hydrogen-bond donors (Lipinski definition) is 1. The molecule has 1 amide bonds. The molecule has 5 rings (SSSR count). The van der Waals surface area contributed by atoms with E-state index >= 15 is 0 Å². The third kappa shape index (κ3) is 5.09. The Kier molecular flexibility index (Phi) is 6.30. The van der Waals surface area contributed by atoms with E-state index in [2.05, 4.69) is 15.5 Å². The SMILES string of the molecule is O=C(COC(=O)C1c2ccccc2Oc2ccccc21)Nc1ccc(N=Nc2ccccc2)cc1. The molecule has 0 unspecified atom stereocenters. The molecule has 0 saturated carbocycles. The van der Waals surface area contributed by atoms with E-state index in [-0.39, 0.29) is 0 Å². The van der Waals surface area contributed by atoms with Crippen molar-refractivity contribution >= 4 is 28.9 Å². The number of carbonyl (C=O) groups is 2. The zero-order valence-electron chi connectivity index (χ0n) is 18.6. The highest BCUT2D eigenvalue weighted by molar-refractivity contribution is 5.94. The molecule has 7 nitrogen and oxygen atoms in total. The molecule has 1 aliphatic heterocycles. The van der Waals surface area contributed by atoms with Crippen LogP contribution in [0.2, 0.25) is 0 Å². The molecule has 0 radical (unpaired) electrons. The smallest absolute Gasteiger partial charge is 0.318 e. The molecule has 1 N–H and O–H groups in total. The topological polar surface area (TPSA) is 89.4 Å². The predicted octanol–water partition coefficient (Wildman–Crippen LogP) is 6.52. The van der Waals surface area contributed by atoms with E-state index in [1.54, 1.807) is 36.4 Å². The Labute approximate surface area is 202 Å². The van der Waals surface area contributed by atoms with Crippen LogP contribution in [-0.2, 0) is 14.3 Å². The molecule has 0 atom stereocenters. The van der Waals surface area contributed by atoms with E-state index in [0.717, 1.165) is 5.69 Å². The first-order chi connectivity index (χ1) is 17.2. The van der Waals surface area contributed by atoms with Crippen molar-refractivity contribution in [2.75, 3.05) is 11.9 Å². The van der Waals surface area contributed by atoms with Gasteiger partial charge in [-0.3, -0.25) is 9.59 Å². The minimum atomic E-state index is -0.668. The predicted molar refractivity (Wildman–Crippen MR) is 131 cm³/mol. The number of esters is 1. The molecule has 0 fully saturated rings. The first-order valence-corrected chi connectivity index (χ1v) is 11.1. The molecule has 1 aliphatic rings. The van der Waals surface area contributed by atoms with Gasteiger partial charge in [-0.25, -0.2) is 0 Å². The summed E-state index contributed by atoms with van der Waals surface area (Å²) in [5, 5.41) is 11.1. The molecule has 0 aliphatic carbocycles. The van der Waals surface area contributed by atoms with Crippen LogP contribution in [0.3, 0.4) is 0 Å². The highest BCUT2D eigenvalue weighted by atomic mass is 16.5. The van der Waals surface area contributed by atoms with Crippen LogP contribution in [0.25, 0.3) is 0 Å². The average molecular weight is 463 g/mol. The Hall–Kier alpha value is -4.78. The number of nitrogens with zero attached hydrogens (tertiary/aromatic N) is 2. The van der Waals surface area contributed by atoms with Gasteiger partial charge in [0.25, 0.3) is 5.91 Å². The Balaban J connectivity index is 1.20. The molecule has 0 saturated heterocycles. The molecule has 1 heterocycles. The quantitative estimate of drug-likeness (QED) is 0.260. The monoisotopic (exact) mass is 463 g/mol. The summed E-state index contributed by atoms with van der Waals surface area (Å²) >= 11 is 0. The van der Waals surface area contributed by atoms with Crippen LogP contribution in [-0.4, -0.2) is 18.5 Å². The lowest BCUT2D eigenvalue weighted by molar-refractivity contribution is -0.148. The molecule has 0 spiro atoms. The minimum Gasteiger partial charge on any atom is -0.457 e. The maximum atomic E-state index is 13.0. The fourth-order valence-corrected chi connectivity index (χ4v) is 3.80. The summed E-state index contributed by atoms with van der Waals surface area (Å²) in [5.41, 5.74) is 3.37. The fourth-order valence-electron chi connectivity index (χ4n) is 3.80. The molecule has 35 heavy (non-hydrogen) atoms. The number of anilines is 1. The fraction of sp³-hybridized carbons (Fsp3) is 0.0714. The van der Waals surface area contributed by atoms with Gasteiger partial charge in [-0.2, -0.15) is 10.2 Å². The van der Waals surface area contributed by atoms with Crippen LogP contribution in [0.1, 0.15) is 17.0 Å². The van der Waals surface area contributed by atoms with Crippen LogP contribution in [0.4, 0.5) is 17.1 Å².